The molecule has 1 N–H and O–H groups in total. The van der Waals surface area contributed by atoms with E-state index in [-0.39, 0.29) is 11.9 Å². The highest BCUT2D eigenvalue weighted by Gasteiger charge is 2.15. The summed E-state index contributed by atoms with van der Waals surface area (Å²) in [5, 5.41) is 4.40. The average molecular weight is 280 g/mol. The Morgan fingerprint density at radius 2 is 1.81 bits per heavy atom. The number of para-hydroxylation sites is 1. The zero-order valence-corrected chi connectivity index (χ0v) is 11.9. The summed E-state index contributed by atoms with van der Waals surface area (Å²) in [5.41, 5.74) is 2.83. The number of aromatic nitrogens is 1. The summed E-state index contributed by atoms with van der Waals surface area (Å²) in [7, 11) is 1.90. The summed E-state index contributed by atoms with van der Waals surface area (Å²) in [6.45, 7) is 0. The quantitative estimate of drug-likeness (QED) is 0.784. The van der Waals surface area contributed by atoms with Crippen molar-refractivity contribution in [3.8, 4) is 0 Å². The zero-order chi connectivity index (χ0) is 14.7. The standard InChI is InChI=1S/C18H17FN2/c1-20-18(12-13-6-2-4-8-16(13)19)15-10-11-21-17-9-5-3-7-14(15)17/h2-11,18,20H,12H2,1H3. The first-order valence-corrected chi connectivity index (χ1v) is 7.04. The van der Waals surface area contributed by atoms with E-state index < -0.39 is 0 Å². The molecule has 1 unspecified atom stereocenters. The van der Waals surface area contributed by atoms with Gasteiger partial charge in [0, 0.05) is 17.6 Å². The SMILES string of the molecule is CNC(Cc1ccccc1F)c1ccnc2ccccc12. The maximum Gasteiger partial charge on any atom is 0.126 e. The molecule has 0 aliphatic rings. The molecule has 1 atom stereocenters. The molecule has 0 amide bonds. The lowest BCUT2D eigenvalue weighted by Gasteiger charge is -2.19. The van der Waals surface area contributed by atoms with Crippen molar-refractivity contribution in [1.82, 2.24) is 10.3 Å². The topological polar surface area (TPSA) is 24.9 Å². The van der Waals surface area contributed by atoms with Crippen LogP contribution in [-0.4, -0.2) is 12.0 Å². The van der Waals surface area contributed by atoms with E-state index in [1.807, 2.05) is 49.6 Å². The molecule has 0 aliphatic heterocycles. The first-order valence-electron chi connectivity index (χ1n) is 7.04. The highest BCUT2D eigenvalue weighted by atomic mass is 19.1. The zero-order valence-electron chi connectivity index (χ0n) is 11.9. The number of fused-ring (bicyclic) bond motifs is 1. The second-order valence-corrected chi connectivity index (χ2v) is 5.05. The molecule has 0 fully saturated rings. The molecule has 1 aromatic heterocycles. The number of hydrogen-bond donors (Lipinski definition) is 1. The number of pyridine rings is 1. The largest absolute Gasteiger partial charge is 0.313 e. The van der Waals surface area contributed by atoms with Crippen molar-refractivity contribution < 1.29 is 4.39 Å². The molecule has 0 bridgehead atoms. The van der Waals surface area contributed by atoms with Crippen LogP contribution in [0.1, 0.15) is 17.2 Å². The van der Waals surface area contributed by atoms with Gasteiger partial charge in [-0.1, -0.05) is 36.4 Å². The number of likely N-dealkylation sites (N-methyl/N-ethyl adjacent to an activating group) is 1. The summed E-state index contributed by atoms with van der Waals surface area (Å²) < 4.78 is 13.9. The number of halogens is 1. The summed E-state index contributed by atoms with van der Waals surface area (Å²) >= 11 is 0. The number of nitrogens with zero attached hydrogens (tertiary/aromatic N) is 1. The van der Waals surface area contributed by atoms with Gasteiger partial charge in [0.2, 0.25) is 0 Å². The van der Waals surface area contributed by atoms with Crippen molar-refractivity contribution in [2.75, 3.05) is 7.05 Å². The Bertz CT molecular complexity index is 750. The highest BCUT2D eigenvalue weighted by molar-refractivity contribution is 5.82. The predicted octanol–water partition coefficient (Wildman–Crippen LogP) is 3.88. The van der Waals surface area contributed by atoms with Crippen LogP contribution in [0.5, 0.6) is 0 Å². The summed E-state index contributed by atoms with van der Waals surface area (Å²) in [6.07, 6.45) is 2.42. The Labute approximate surface area is 123 Å². The van der Waals surface area contributed by atoms with Gasteiger partial charge in [-0.2, -0.15) is 0 Å². The van der Waals surface area contributed by atoms with Crippen molar-refractivity contribution in [3.63, 3.8) is 0 Å². The lowest BCUT2D eigenvalue weighted by atomic mass is 9.96. The normalized spacial score (nSPS) is 12.5. The van der Waals surface area contributed by atoms with Gasteiger partial charge in [0.1, 0.15) is 5.82 Å². The van der Waals surface area contributed by atoms with Gasteiger partial charge < -0.3 is 5.32 Å². The third-order valence-corrected chi connectivity index (χ3v) is 3.79. The molecule has 21 heavy (non-hydrogen) atoms. The third kappa shape index (κ3) is 2.78. The minimum Gasteiger partial charge on any atom is -0.313 e. The minimum atomic E-state index is -0.156. The van der Waals surface area contributed by atoms with E-state index >= 15 is 0 Å². The van der Waals surface area contributed by atoms with Gasteiger partial charge in [0.05, 0.1) is 5.52 Å². The van der Waals surface area contributed by atoms with Gasteiger partial charge in [0.15, 0.2) is 0 Å². The molecule has 0 saturated heterocycles. The Kier molecular flexibility index (Phi) is 3.93. The van der Waals surface area contributed by atoms with Crippen LogP contribution in [0.2, 0.25) is 0 Å². The molecule has 0 radical (unpaired) electrons. The van der Waals surface area contributed by atoms with E-state index in [0.717, 1.165) is 22.0 Å². The van der Waals surface area contributed by atoms with Gasteiger partial charge in [-0.15, -0.1) is 0 Å². The summed E-state index contributed by atoms with van der Waals surface area (Å²) in [5.74, 6) is -0.156. The Hall–Kier alpha value is -2.26. The molecular weight excluding hydrogens is 263 g/mol. The molecule has 3 heteroatoms. The van der Waals surface area contributed by atoms with Gasteiger partial charge in [0.25, 0.3) is 0 Å². The van der Waals surface area contributed by atoms with E-state index in [2.05, 4.69) is 16.4 Å². The highest BCUT2D eigenvalue weighted by Crippen LogP contribution is 2.26. The van der Waals surface area contributed by atoms with Gasteiger partial charge >= 0.3 is 0 Å². The van der Waals surface area contributed by atoms with Crippen molar-refractivity contribution in [2.45, 2.75) is 12.5 Å². The molecule has 106 valence electrons. The van der Waals surface area contributed by atoms with E-state index in [0.29, 0.717) is 6.42 Å². The smallest absolute Gasteiger partial charge is 0.126 e. The number of rotatable bonds is 4. The first-order chi connectivity index (χ1) is 10.3. The molecule has 2 aromatic carbocycles. The lowest BCUT2D eigenvalue weighted by molar-refractivity contribution is 0.556. The molecule has 3 aromatic rings. The van der Waals surface area contributed by atoms with Crippen LogP contribution in [-0.2, 0) is 6.42 Å². The number of benzene rings is 2. The van der Waals surface area contributed by atoms with E-state index in [1.165, 1.54) is 6.07 Å². The Morgan fingerprint density at radius 3 is 2.62 bits per heavy atom. The Morgan fingerprint density at radius 1 is 1.05 bits per heavy atom. The maximum atomic E-state index is 13.9. The molecule has 0 aliphatic carbocycles. The molecule has 3 rings (SSSR count). The van der Waals surface area contributed by atoms with Gasteiger partial charge in [-0.25, -0.2) is 4.39 Å². The van der Waals surface area contributed by atoms with Crippen LogP contribution in [0, 0.1) is 5.82 Å². The average Bonchev–Trinajstić information content (AvgIpc) is 2.54. The number of nitrogens with one attached hydrogen (secondary N) is 1. The van der Waals surface area contributed by atoms with Gasteiger partial charge in [-0.05, 0) is 42.8 Å². The van der Waals surface area contributed by atoms with E-state index in [1.54, 1.807) is 6.07 Å². The van der Waals surface area contributed by atoms with Crippen molar-refractivity contribution >= 4 is 10.9 Å². The monoisotopic (exact) mass is 280 g/mol. The van der Waals surface area contributed by atoms with Crippen LogP contribution in [0.25, 0.3) is 10.9 Å². The fourth-order valence-electron chi connectivity index (χ4n) is 2.67. The third-order valence-electron chi connectivity index (χ3n) is 3.79. The Balaban J connectivity index is 2.01. The van der Waals surface area contributed by atoms with Crippen LogP contribution in [0.3, 0.4) is 0 Å². The maximum absolute atomic E-state index is 13.9. The fraction of sp³-hybridized carbons (Fsp3) is 0.167. The summed E-state index contributed by atoms with van der Waals surface area (Å²) in [4.78, 5) is 4.38. The molecule has 1 heterocycles. The second kappa shape index (κ2) is 6.02. The number of hydrogen-bond acceptors (Lipinski definition) is 2. The molecule has 0 saturated carbocycles. The van der Waals surface area contributed by atoms with Crippen molar-refractivity contribution in [3.05, 3.63) is 77.7 Å². The van der Waals surface area contributed by atoms with E-state index in [9.17, 15) is 4.39 Å². The lowest BCUT2D eigenvalue weighted by Crippen LogP contribution is -2.19. The van der Waals surface area contributed by atoms with Crippen molar-refractivity contribution in [2.24, 2.45) is 0 Å². The first kappa shape index (κ1) is 13.7. The summed E-state index contributed by atoms with van der Waals surface area (Å²) in [6, 6.07) is 17.0. The second-order valence-electron chi connectivity index (χ2n) is 5.05. The fourth-order valence-corrected chi connectivity index (χ4v) is 2.67. The van der Waals surface area contributed by atoms with Crippen molar-refractivity contribution in [1.29, 1.82) is 0 Å². The minimum absolute atomic E-state index is 0.0507. The predicted molar refractivity (Wildman–Crippen MR) is 83.6 cm³/mol. The van der Waals surface area contributed by atoms with E-state index in [4.69, 9.17) is 0 Å². The van der Waals surface area contributed by atoms with Crippen LogP contribution < -0.4 is 5.32 Å². The van der Waals surface area contributed by atoms with Crippen LogP contribution in [0.15, 0.2) is 60.8 Å². The molecular formula is C18H17FN2. The molecule has 0 spiro atoms. The van der Waals surface area contributed by atoms with Crippen LogP contribution in [0.4, 0.5) is 4.39 Å². The molecule has 2 nitrogen and oxygen atoms in total. The van der Waals surface area contributed by atoms with Crippen LogP contribution >= 0.6 is 0 Å². The van der Waals surface area contributed by atoms with Gasteiger partial charge in [-0.3, -0.25) is 4.98 Å².